The van der Waals surface area contributed by atoms with Gasteiger partial charge in [0.25, 0.3) is 0 Å². The molecule has 0 radical (unpaired) electrons. The van der Waals surface area contributed by atoms with Crippen LogP contribution in [-0.2, 0) is 9.59 Å². The van der Waals surface area contributed by atoms with Crippen molar-refractivity contribution < 1.29 is 9.59 Å². The summed E-state index contributed by atoms with van der Waals surface area (Å²) in [5, 5.41) is 3.33. The topological polar surface area (TPSA) is 49.4 Å². The Bertz CT molecular complexity index is 303. The number of imide groups is 1. The molecule has 2 saturated heterocycles. The number of carbonyl (C=O) groups excluding carboxylic acids is 2. The summed E-state index contributed by atoms with van der Waals surface area (Å²) < 4.78 is 0. The molecule has 0 aromatic heterocycles. The summed E-state index contributed by atoms with van der Waals surface area (Å²) in [6.45, 7) is 6.63. The molecule has 2 heterocycles. The van der Waals surface area contributed by atoms with Gasteiger partial charge in [-0.2, -0.15) is 0 Å². The lowest BCUT2D eigenvalue weighted by atomic mass is 9.88. The Morgan fingerprint density at radius 1 is 1.38 bits per heavy atom. The van der Waals surface area contributed by atoms with Crippen LogP contribution < -0.4 is 5.32 Å². The van der Waals surface area contributed by atoms with E-state index in [2.05, 4.69) is 12.2 Å². The second-order valence-electron chi connectivity index (χ2n) is 5.18. The maximum Gasteiger partial charge on any atom is 0.232 e. The summed E-state index contributed by atoms with van der Waals surface area (Å²) in [7, 11) is 0. The first kappa shape index (κ1) is 11.6. The quantitative estimate of drug-likeness (QED) is 0.700. The number of piperidine rings is 1. The van der Waals surface area contributed by atoms with Crippen molar-refractivity contribution in [2.75, 3.05) is 19.6 Å². The average molecular weight is 224 g/mol. The van der Waals surface area contributed by atoms with E-state index < -0.39 is 0 Å². The Hall–Kier alpha value is -0.900. The Balaban J connectivity index is 1.98. The van der Waals surface area contributed by atoms with E-state index in [1.807, 2.05) is 6.92 Å². The first-order valence-corrected chi connectivity index (χ1v) is 6.14. The SMILES string of the molecule is CC1CC(=O)N(CC2CNCCC2C)C1=O. The first-order chi connectivity index (χ1) is 7.59. The van der Waals surface area contributed by atoms with E-state index in [0.717, 1.165) is 19.5 Å². The third-order valence-electron chi connectivity index (χ3n) is 3.87. The molecule has 2 aliphatic rings. The molecule has 4 nitrogen and oxygen atoms in total. The lowest BCUT2D eigenvalue weighted by Gasteiger charge is -2.32. The highest BCUT2D eigenvalue weighted by atomic mass is 16.2. The average Bonchev–Trinajstić information content (AvgIpc) is 2.48. The van der Waals surface area contributed by atoms with Crippen molar-refractivity contribution in [3.8, 4) is 0 Å². The normalized spacial score (nSPS) is 35.9. The van der Waals surface area contributed by atoms with E-state index in [4.69, 9.17) is 0 Å². The van der Waals surface area contributed by atoms with Crippen molar-refractivity contribution in [3.63, 3.8) is 0 Å². The number of nitrogens with zero attached hydrogens (tertiary/aromatic N) is 1. The van der Waals surface area contributed by atoms with Crippen LogP contribution in [0, 0.1) is 17.8 Å². The molecule has 0 aromatic carbocycles. The summed E-state index contributed by atoms with van der Waals surface area (Å²) in [6, 6.07) is 0. The molecule has 2 fully saturated rings. The van der Waals surface area contributed by atoms with Gasteiger partial charge < -0.3 is 5.32 Å². The first-order valence-electron chi connectivity index (χ1n) is 6.14. The van der Waals surface area contributed by atoms with Crippen molar-refractivity contribution in [2.45, 2.75) is 26.7 Å². The third kappa shape index (κ3) is 2.12. The summed E-state index contributed by atoms with van der Waals surface area (Å²) in [6.07, 6.45) is 1.53. The summed E-state index contributed by atoms with van der Waals surface area (Å²) >= 11 is 0. The minimum absolute atomic E-state index is 0.00951. The Kier molecular flexibility index (Phi) is 3.28. The van der Waals surface area contributed by atoms with Gasteiger partial charge in [-0.1, -0.05) is 13.8 Å². The van der Waals surface area contributed by atoms with Crippen LogP contribution in [-0.4, -0.2) is 36.3 Å². The minimum atomic E-state index is -0.112. The number of hydrogen-bond acceptors (Lipinski definition) is 3. The molecule has 4 heteroatoms. The summed E-state index contributed by atoms with van der Waals surface area (Å²) in [4.78, 5) is 24.9. The van der Waals surface area contributed by atoms with Crippen molar-refractivity contribution in [1.82, 2.24) is 10.2 Å². The Morgan fingerprint density at radius 3 is 2.69 bits per heavy atom. The molecule has 2 rings (SSSR count). The predicted octanol–water partition coefficient (Wildman–Crippen LogP) is 0.627. The molecule has 90 valence electrons. The van der Waals surface area contributed by atoms with Gasteiger partial charge >= 0.3 is 0 Å². The van der Waals surface area contributed by atoms with Crippen LogP contribution in [0.5, 0.6) is 0 Å². The summed E-state index contributed by atoms with van der Waals surface area (Å²) in [5.41, 5.74) is 0. The highest BCUT2D eigenvalue weighted by molar-refractivity contribution is 6.03. The van der Waals surface area contributed by atoms with Crippen molar-refractivity contribution >= 4 is 11.8 Å². The number of rotatable bonds is 2. The summed E-state index contributed by atoms with van der Waals surface area (Å²) in [5.74, 6) is 0.933. The van der Waals surface area contributed by atoms with E-state index in [1.165, 1.54) is 4.90 Å². The second-order valence-corrected chi connectivity index (χ2v) is 5.18. The van der Waals surface area contributed by atoms with Crippen LogP contribution in [0.2, 0.25) is 0 Å². The van der Waals surface area contributed by atoms with Crippen LogP contribution in [0.25, 0.3) is 0 Å². The molecular formula is C12H20N2O2. The van der Waals surface area contributed by atoms with Crippen LogP contribution in [0.1, 0.15) is 26.7 Å². The van der Waals surface area contributed by atoms with Gasteiger partial charge in [-0.15, -0.1) is 0 Å². The molecule has 1 N–H and O–H groups in total. The molecule has 16 heavy (non-hydrogen) atoms. The predicted molar refractivity (Wildman–Crippen MR) is 60.6 cm³/mol. The van der Waals surface area contributed by atoms with Gasteiger partial charge in [0.1, 0.15) is 0 Å². The van der Waals surface area contributed by atoms with Gasteiger partial charge in [0.15, 0.2) is 0 Å². The highest BCUT2D eigenvalue weighted by Crippen LogP contribution is 2.24. The third-order valence-corrected chi connectivity index (χ3v) is 3.87. The molecule has 3 atom stereocenters. The van der Waals surface area contributed by atoms with Crippen LogP contribution in [0.3, 0.4) is 0 Å². The lowest BCUT2D eigenvalue weighted by molar-refractivity contribution is -0.140. The van der Waals surface area contributed by atoms with Crippen molar-refractivity contribution in [1.29, 1.82) is 0 Å². The molecule has 0 spiro atoms. The van der Waals surface area contributed by atoms with E-state index >= 15 is 0 Å². The molecule has 0 aliphatic carbocycles. The van der Waals surface area contributed by atoms with Gasteiger partial charge in [0.05, 0.1) is 0 Å². The minimum Gasteiger partial charge on any atom is -0.316 e. The molecular weight excluding hydrogens is 204 g/mol. The van der Waals surface area contributed by atoms with E-state index in [9.17, 15) is 9.59 Å². The van der Waals surface area contributed by atoms with Crippen molar-refractivity contribution in [3.05, 3.63) is 0 Å². The largest absolute Gasteiger partial charge is 0.316 e. The number of nitrogens with one attached hydrogen (secondary N) is 1. The van der Waals surface area contributed by atoms with Gasteiger partial charge in [-0.05, 0) is 31.3 Å². The van der Waals surface area contributed by atoms with E-state index in [0.29, 0.717) is 24.8 Å². The van der Waals surface area contributed by atoms with E-state index in [-0.39, 0.29) is 17.7 Å². The fraction of sp³-hybridized carbons (Fsp3) is 0.833. The zero-order chi connectivity index (χ0) is 11.7. The van der Waals surface area contributed by atoms with Crippen molar-refractivity contribution in [2.24, 2.45) is 17.8 Å². The van der Waals surface area contributed by atoms with Gasteiger partial charge in [0.2, 0.25) is 11.8 Å². The zero-order valence-electron chi connectivity index (χ0n) is 10.0. The smallest absolute Gasteiger partial charge is 0.232 e. The maximum absolute atomic E-state index is 11.8. The van der Waals surface area contributed by atoms with Crippen LogP contribution in [0.15, 0.2) is 0 Å². The zero-order valence-corrected chi connectivity index (χ0v) is 10.0. The fourth-order valence-corrected chi connectivity index (χ4v) is 2.57. The maximum atomic E-state index is 11.8. The number of carbonyl (C=O) groups is 2. The second kappa shape index (κ2) is 4.53. The number of likely N-dealkylation sites (tertiary alicyclic amines) is 1. The lowest BCUT2D eigenvalue weighted by Crippen LogP contribution is -2.44. The monoisotopic (exact) mass is 224 g/mol. The van der Waals surface area contributed by atoms with Gasteiger partial charge in [0, 0.05) is 18.9 Å². The Morgan fingerprint density at radius 2 is 2.12 bits per heavy atom. The Labute approximate surface area is 96.4 Å². The molecule has 2 amide bonds. The highest BCUT2D eigenvalue weighted by Gasteiger charge is 2.37. The van der Waals surface area contributed by atoms with Crippen LogP contribution in [0.4, 0.5) is 0 Å². The van der Waals surface area contributed by atoms with Crippen LogP contribution >= 0.6 is 0 Å². The molecule has 0 aromatic rings. The molecule has 2 aliphatic heterocycles. The molecule has 3 unspecified atom stereocenters. The number of amides is 2. The van der Waals surface area contributed by atoms with Gasteiger partial charge in [-0.25, -0.2) is 0 Å². The van der Waals surface area contributed by atoms with Gasteiger partial charge in [-0.3, -0.25) is 14.5 Å². The number of hydrogen-bond donors (Lipinski definition) is 1. The molecule has 0 saturated carbocycles. The molecule has 0 bridgehead atoms. The standard InChI is InChI=1S/C12H20N2O2/c1-8-3-4-13-6-10(8)7-14-11(15)5-9(2)12(14)16/h8-10,13H,3-7H2,1-2H3. The fourth-order valence-electron chi connectivity index (χ4n) is 2.57. The van der Waals surface area contributed by atoms with E-state index in [1.54, 1.807) is 0 Å².